The molecule has 1 aliphatic carbocycles. The number of fused-ring (bicyclic) bond motifs is 2. The summed E-state index contributed by atoms with van der Waals surface area (Å²) in [5.74, 6) is 0.961. The summed E-state index contributed by atoms with van der Waals surface area (Å²) in [5, 5.41) is -0.285. The molecule has 0 aromatic carbocycles. The van der Waals surface area contributed by atoms with Gasteiger partial charge in [-0.3, -0.25) is 0 Å². The molecule has 2 bridgehead atoms. The molecular formula is C25H32N4O7S. The highest BCUT2D eigenvalue weighted by molar-refractivity contribution is 7.92. The normalized spacial score (nSPS) is 23.2. The SMILES string of the molecule is COc1c(Oc2ccc(S(=O)(=O)C3CC3)nc2C)ncnc1OC1CC2CCC(C1)N2C(=O)OC(C)C. The van der Waals surface area contributed by atoms with Crippen molar-refractivity contribution in [2.45, 2.75) is 93.9 Å². The Balaban J connectivity index is 1.30. The third kappa shape index (κ3) is 5.16. The molecule has 0 radical (unpaired) electrons. The monoisotopic (exact) mass is 532 g/mol. The minimum absolute atomic E-state index is 0.0526. The van der Waals surface area contributed by atoms with Crippen molar-refractivity contribution < 1.29 is 32.2 Å². The van der Waals surface area contributed by atoms with Gasteiger partial charge in [0.15, 0.2) is 20.6 Å². The Hall–Kier alpha value is -3.15. The van der Waals surface area contributed by atoms with E-state index < -0.39 is 9.84 Å². The molecule has 2 saturated heterocycles. The number of ether oxygens (including phenoxy) is 4. The second-order valence-corrected chi connectivity index (χ2v) is 12.2. The summed E-state index contributed by atoms with van der Waals surface area (Å²) in [6.45, 7) is 5.37. The highest BCUT2D eigenvalue weighted by atomic mass is 32.2. The van der Waals surface area contributed by atoms with E-state index in [0.29, 0.717) is 37.1 Å². The number of hydrogen-bond acceptors (Lipinski definition) is 10. The molecule has 3 fully saturated rings. The summed E-state index contributed by atoms with van der Waals surface area (Å²) in [4.78, 5) is 27.1. The van der Waals surface area contributed by atoms with Crippen LogP contribution in [0.5, 0.6) is 23.3 Å². The lowest BCUT2D eigenvalue weighted by Crippen LogP contribution is -2.49. The van der Waals surface area contributed by atoms with E-state index in [1.54, 1.807) is 13.0 Å². The summed E-state index contributed by atoms with van der Waals surface area (Å²) >= 11 is 0. The van der Waals surface area contributed by atoms with Crippen molar-refractivity contribution in [3.8, 4) is 23.3 Å². The highest BCUT2D eigenvalue weighted by Gasteiger charge is 2.45. The van der Waals surface area contributed by atoms with Crippen molar-refractivity contribution in [3.05, 3.63) is 24.2 Å². The van der Waals surface area contributed by atoms with Gasteiger partial charge in [0.2, 0.25) is 5.75 Å². The molecule has 2 aliphatic heterocycles. The Morgan fingerprint density at radius 3 is 2.32 bits per heavy atom. The first-order valence-electron chi connectivity index (χ1n) is 12.6. The second-order valence-electron chi connectivity index (χ2n) is 10.0. The lowest BCUT2D eigenvalue weighted by Gasteiger charge is -2.38. The third-order valence-corrected chi connectivity index (χ3v) is 9.09. The van der Waals surface area contributed by atoms with Gasteiger partial charge >= 0.3 is 6.09 Å². The largest absolute Gasteiger partial charge is 0.487 e. The highest BCUT2D eigenvalue weighted by Crippen LogP contribution is 2.41. The van der Waals surface area contributed by atoms with Crippen molar-refractivity contribution >= 4 is 15.9 Å². The van der Waals surface area contributed by atoms with Crippen molar-refractivity contribution in [2.75, 3.05) is 7.11 Å². The summed E-state index contributed by atoms with van der Waals surface area (Å²) < 4.78 is 48.2. The van der Waals surface area contributed by atoms with Gasteiger partial charge in [0.25, 0.3) is 11.8 Å². The Labute approximate surface area is 216 Å². The molecule has 3 aliphatic rings. The quantitative estimate of drug-likeness (QED) is 0.494. The van der Waals surface area contributed by atoms with Crippen LogP contribution in [0.25, 0.3) is 0 Å². The molecule has 0 N–H and O–H groups in total. The molecule has 5 rings (SSSR count). The molecule has 200 valence electrons. The Morgan fingerprint density at radius 1 is 1.05 bits per heavy atom. The van der Waals surface area contributed by atoms with Crippen LogP contribution >= 0.6 is 0 Å². The molecule has 4 heterocycles. The number of carbonyl (C=O) groups is 1. The Kier molecular flexibility index (Phi) is 6.86. The van der Waals surface area contributed by atoms with E-state index in [4.69, 9.17) is 18.9 Å². The molecule has 2 aromatic heterocycles. The van der Waals surface area contributed by atoms with Gasteiger partial charge in [-0.15, -0.1) is 0 Å². The van der Waals surface area contributed by atoms with Gasteiger partial charge in [0, 0.05) is 24.9 Å². The van der Waals surface area contributed by atoms with E-state index in [1.165, 1.54) is 19.5 Å². The number of hydrogen-bond donors (Lipinski definition) is 0. The van der Waals surface area contributed by atoms with E-state index in [1.807, 2.05) is 18.7 Å². The van der Waals surface area contributed by atoms with Gasteiger partial charge in [-0.25, -0.2) is 18.2 Å². The van der Waals surface area contributed by atoms with Gasteiger partial charge in [-0.2, -0.15) is 9.97 Å². The number of amides is 1. The van der Waals surface area contributed by atoms with Crippen LogP contribution in [0.15, 0.2) is 23.5 Å². The zero-order chi connectivity index (χ0) is 26.3. The number of pyridine rings is 1. The minimum atomic E-state index is -3.40. The number of nitrogens with zero attached hydrogens (tertiary/aromatic N) is 4. The molecule has 2 atom stereocenters. The molecule has 1 amide bonds. The van der Waals surface area contributed by atoms with Crippen molar-refractivity contribution in [2.24, 2.45) is 0 Å². The van der Waals surface area contributed by atoms with E-state index in [9.17, 15) is 13.2 Å². The zero-order valence-electron chi connectivity index (χ0n) is 21.4. The lowest BCUT2D eigenvalue weighted by atomic mass is 10.0. The predicted octanol–water partition coefficient (Wildman–Crippen LogP) is 3.84. The van der Waals surface area contributed by atoms with Crippen LogP contribution in [0.4, 0.5) is 4.79 Å². The average Bonchev–Trinajstić information content (AvgIpc) is 3.66. The zero-order valence-corrected chi connectivity index (χ0v) is 22.2. The van der Waals surface area contributed by atoms with Crippen LogP contribution < -0.4 is 14.2 Å². The van der Waals surface area contributed by atoms with Crippen molar-refractivity contribution in [1.29, 1.82) is 0 Å². The maximum absolute atomic E-state index is 12.6. The fraction of sp³-hybridized carbons (Fsp3) is 0.600. The Morgan fingerprint density at radius 2 is 1.73 bits per heavy atom. The number of methoxy groups -OCH3 is 1. The van der Waals surface area contributed by atoms with E-state index in [2.05, 4.69) is 15.0 Å². The standard InChI is InChI=1S/C25H32N4O7S/c1-14(2)34-25(30)29-16-5-6-17(29)12-18(11-16)35-23-22(33-4)24(27-13-26-23)36-20-9-10-21(28-15(20)3)37(31,32)19-7-8-19/h9-10,13-14,16-19H,5-8,11-12H2,1-4H3. The number of rotatable bonds is 8. The van der Waals surface area contributed by atoms with Crippen molar-refractivity contribution in [3.63, 3.8) is 0 Å². The number of aromatic nitrogens is 3. The van der Waals surface area contributed by atoms with Crippen LogP contribution in [0, 0.1) is 6.92 Å². The van der Waals surface area contributed by atoms with Gasteiger partial charge in [0.05, 0.1) is 24.2 Å². The van der Waals surface area contributed by atoms with Crippen molar-refractivity contribution in [1.82, 2.24) is 19.9 Å². The van der Waals surface area contributed by atoms with Gasteiger partial charge in [0.1, 0.15) is 12.4 Å². The third-order valence-electron chi connectivity index (χ3n) is 6.93. The van der Waals surface area contributed by atoms with E-state index >= 15 is 0 Å². The average molecular weight is 533 g/mol. The van der Waals surface area contributed by atoms with Crippen LogP contribution in [0.1, 0.15) is 58.1 Å². The maximum atomic E-state index is 12.6. The first-order chi connectivity index (χ1) is 17.7. The summed E-state index contributed by atoms with van der Waals surface area (Å²) in [6, 6.07) is 3.13. The topological polar surface area (TPSA) is 130 Å². The fourth-order valence-corrected chi connectivity index (χ4v) is 6.68. The summed E-state index contributed by atoms with van der Waals surface area (Å²) in [6.07, 6.45) is 5.21. The first-order valence-corrected chi connectivity index (χ1v) is 14.2. The number of aryl methyl sites for hydroxylation is 1. The summed E-state index contributed by atoms with van der Waals surface area (Å²) in [5.41, 5.74) is 0.419. The fourth-order valence-electron chi connectivity index (χ4n) is 5.06. The maximum Gasteiger partial charge on any atom is 0.410 e. The minimum Gasteiger partial charge on any atom is -0.487 e. The predicted molar refractivity (Wildman–Crippen MR) is 132 cm³/mol. The number of piperidine rings is 1. The van der Waals surface area contributed by atoms with Crippen LogP contribution in [-0.2, 0) is 14.6 Å². The van der Waals surface area contributed by atoms with Gasteiger partial charge < -0.3 is 23.8 Å². The van der Waals surface area contributed by atoms with Crippen LogP contribution in [0.3, 0.4) is 0 Å². The molecule has 0 spiro atoms. The number of carbonyl (C=O) groups excluding carboxylic acids is 1. The molecule has 2 aromatic rings. The molecule has 2 unspecified atom stereocenters. The van der Waals surface area contributed by atoms with E-state index in [-0.39, 0.29) is 58.2 Å². The van der Waals surface area contributed by atoms with Gasteiger partial charge in [-0.05, 0) is 58.6 Å². The molecule has 1 saturated carbocycles. The second kappa shape index (κ2) is 9.96. The van der Waals surface area contributed by atoms with Crippen LogP contribution in [0.2, 0.25) is 0 Å². The lowest BCUT2D eigenvalue weighted by molar-refractivity contribution is 0.0201. The van der Waals surface area contributed by atoms with Crippen LogP contribution in [-0.4, -0.2) is 71.0 Å². The smallest absolute Gasteiger partial charge is 0.410 e. The molecule has 37 heavy (non-hydrogen) atoms. The molecule has 11 nitrogen and oxygen atoms in total. The Bertz CT molecular complexity index is 1270. The first kappa shape index (κ1) is 25.5. The van der Waals surface area contributed by atoms with Gasteiger partial charge in [-0.1, -0.05) is 0 Å². The van der Waals surface area contributed by atoms with E-state index in [0.717, 1.165) is 12.8 Å². The number of sulfone groups is 1. The molecule has 12 heteroatoms. The summed E-state index contributed by atoms with van der Waals surface area (Å²) in [7, 11) is -1.93. The molecular weight excluding hydrogens is 500 g/mol.